The standard InChI is InChI=1S/C26H27FN4O2/c1-14(2)31(13-22-15(3)10-16(4)28-25(22)32)26(33)21-11-19(18-6-8-20(27)9-7-18)12-23-24(21)17(5)29-30-23/h6-12,14H,13H2,1-5H3,(H,28,32)(H,29,30). The number of aromatic amines is 2. The van der Waals surface area contributed by atoms with Crippen molar-refractivity contribution in [3.05, 3.63) is 86.7 Å². The molecular formula is C26H27FN4O2. The Morgan fingerprint density at radius 1 is 1.06 bits per heavy atom. The molecule has 4 rings (SSSR count). The number of halogens is 1. The molecule has 0 fully saturated rings. The van der Waals surface area contributed by atoms with Gasteiger partial charge in [-0.05, 0) is 81.6 Å². The van der Waals surface area contributed by atoms with E-state index in [1.807, 2.05) is 52.8 Å². The van der Waals surface area contributed by atoms with E-state index in [2.05, 4.69) is 15.2 Å². The molecule has 0 unspecified atom stereocenters. The van der Waals surface area contributed by atoms with Gasteiger partial charge in [0.2, 0.25) is 0 Å². The van der Waals surface area contributed by atoms with Gasteiger partial charge in [0.25, 0.3) is 11.5 Å². The number of aryl methyl sites for hydroxylation is 3. The lowest BCUT2D eigenvalue weighted by atomic mass is 9.97. The largest absolute Gasteiger partial charge is 0.332 e. The van der Waals surface area contributed by atoms with Gasteiger partial charge in [-0.2, -0.15) is 5.10 Å². The summed E-state index contributed by atoms with van der Waals surface area (Å²) in [6.45, 7) is 9.64. The average Bonchev–Trinajstić information content (AvgIpc) is 3.13. The summed E-state index contributed by atoms with van der Waals surface area (Å²) >= 11 is 0. The Morgan fingerprint density at radius 3 is 2.39 bits per heavy atom. The third kappa shape index (κ3) is 4.31. The van der Waals surface area contributed by atoms with Crippen LogP contribution in [0, 0.1) is 26.6 Å². The number of nitrogens with zero attached hydrogens (tertiary/aromatic N) is 2. The Morgan fingerprint density at radius 2 is 1.76 bits per heavy atom. The van der Waals surface area contributed by atoms with Crippen LogP contribution in [0.25, 0.3) is 22.0 Å². The Labute approximate surface area is 191 Å². The number of carbonyl (C=O) groups excluding carboxylic acids is 1. The van der Waals surface area contributed by atoms with E-state index in [-0.39, 0.29) is 29.9 Å². The molecule has 0 saturated heterocycles. The summed E-state index contributed by atoms with van der Waals surface area (Å²) in [7, 11) is 0. The first-order chi connectivity index (χ1) is 15.7. The maximum absolute atomic E-state index is 13.9. The summed E-state index contributed by atoms with van der Waals surface area (Å²) in [6, 6.07) is 11.6. The number of benzene rings is 2. The summed E-state index contributed by atoms with van der Waals surface area (Å²) in [6.07, 6.45) is 0. The zero-order valence-electron chi connectivity index (χ0n) is 19.4. The van der Waals surface area contributed by atoms with E-state index < -0.39 is 0 Å². The predicted octanol–water partition coefficient (Wildman–Crippen LogP) is 5.03. The lowest BCUT2D eigenvalue weighted by Crippen LogP contribution is -2.38. The number of hydrogen-bond acceptors (Lipinski definition) is 3. The Balaban J connectivity index is 1.83. The quantitative estimate of drug-likeness (QED) is 0.451. The van der Waals surface area contributed by atoms with Crippen LogP contribution in [0.3, 0.4) is 0 Å². The number of nitrogens with one attached hydrogen (secondary N) is 2. The number of rotatable bonds is 5. The van der Waals surface area contributed by atoms with E-state index >= 15 is 0 Å². The maximum atomic E-state index is 13.9. The number of H-pyrrole nitrogens is 2. The van der Waals surface area contributed by atoms with Crippen molar-refractivity contribution >= 4 is 16.8 Å². The first-order valence-electron chi connectivity index (χ1n) is 10.9. The highest BCUT2D eigenvalue weighted by Crippen LogP contribution is 2.30. The normalized spacial score (nSPS) is 11.4. The summed E-state index contributed by atoms with van der Waals surface area (Å²) < 4.78 is 13.5. The van der Waals surface area contributed by atoms with Gasteiger partial charge in [-0.3, -0.25) is 14.7 Å². The van der Waals surface area contributed by atoms with Crippen molar-refractivity contribution in [2.24, 2.45) is 0 Å². The van der Waals surface area contributed by atoms with Crippen molar-refractivity contribution in [3.63, 3.8) is 0 Å². The molecular weight excluding hydrogens is 419 g/mol. The molecule has 0 spiro atoms. The topological polar surface area (TPSA) is 81.8 Å². The van der Waals surface area contributed by atoms with Crippen molar-refractivity contribution in [2.45, 2.75) is 47.2 Å². The number of carbonyl (C=O) groups is 1. The minimum absolute atomic E-state index is 0.144. The monoisotopic (exact) mass is 446 g/mol. The Kier molecular flexibility index (Phi) is 5.89. The van der Waals surface area contributed by atoms with Gasteiger partial charge in [-0.1, -0.05) is 12.1 Å². The van der Waals surface area contributed by atoms with Crippen LogP contribution in [-0.4, -0.2) is 32.0 Å². The first-order valence-corrected chi connectivity index (χ1v) is 10.9. The van der Waals surface area contributed by atoms with Gasteiger partial charge < -0.3 is 9.88 Å². The fourth-order valence-electron chi connectivity index (χ4n) is 4.18. The molecule has 4 aromatic rings. The molecule has 2 N–H and O–H groups in total. The van der Waals surface area contributed by atoms with Crippen LogP contribution in [0.4, 0.5) is 4.39 Å². The fourth-order valence-corrected chi connectivity index (χ4v) is 4.18. The lowest BCUT2D eigenvalue weighted by Gasteiger charge is -2.28. The van der Waals surface area contributed by atoms with Crippen molar-refractivity contribution < 1.29 is 9.18 Å². The van der Waals surface area contributed by atoms with Crippen LogP contribution < -0.4 is 5.56 Å². The van der Waals surface area contributed by atoms with Gasteiger partial charge in [-0.25, -0.2) is 4.39 Å². The first kappa shape index (κ1) is 22.5. The number of fused-ring (bicyclic) bond motifs is 1. The van der Waals surface area contributed by atoms with E-state index in [1.165, 1.54) is 12.1 Å². The van der Waals surface area contributed by atoms with Crippen molar-refractivity contribution in [3.8, 4) is 11.1 Å². The second-order valence-electron chi connectivity index (χ2n) is 8.74. The lowest BCUT2D eigenvalue weighted by molar-refractivity contribution is 0.0691. The second kappa shape index (κ2) is 8.65. The number of amides is 1. The predicted molar refractivity (Wildman–Crippen MR) is 128 cm³/mol. The molecule has 0 aliphatic carbocycles. The van der Waals surface area contributed by atoms with Crippen LogP contribution in [0.15, 0.2) is 47.3 Å². The Hall–Kier alpha value is -3.74. The summed E-state index contributed by atoms with van der Waals surface area (Å²) in [5.41, 5.74) is 5.50. The molecule has 2 aromatic heterocycles. The minimum atomic E-state index is -0.323. The van der Waals surface area contributed by atoms with Crippen LogP contribution in [0.5, 0.6) is 0 Å². The Bertz CT molecular complexity index is 1400. The molecule has 33 heavy (non-hydrogen) atoms. The molecule has 7 heteroatoms. The highest BCUT2D eigenvalue weighted by atomic mass is 19.1. The van der Waals surface area contributed by atoms with E-state index in [0.29, 0.717) is 16.6 Å². The number of pyridine rings is 1. The number of aromatic nitrogens is 3. The van der Waals surface area contributed by atoms with Crippen LogP contribution in [0.2, 0.25) is 0 Å². The van der Waals surface area contributed by atoms with E-state index in [4.69, 9.17) is 0 Å². The van der Waals surface area contributed by atoms with Crippen molar-refractivity contribution in [2.75, 3.05) is 0 Å². The number of hydrogen-bond donors (Lipinski definition) is 2. The van der Waals surface area contributed by atoms with E-state index in [9.17, 15) is 14.0 Å². The fraction of sp³-hybridized carbons (Fsp3) is 0.269. The zero-order chi connectivity index (χ0) is 23.9. The van der Waals surface area contributed by atoms with Gasteiger partial charge >= 0.3 is 0 Å². The molecule has 6 nitrogen and oxygen atoms in total. The van der Waals surface area contributed by atoms with Crippen LogP contribution in [-0.2, 0) is 6.54 Å². The zero-order valence-corrected chi connectivity index (χ0v) is 19.4. The molecule has 0 aliphatic rings. The van der Waals surface area contributed by atoms with Crippen LogP contribution in [0.1, 0.15) is 46.7 Å². The van der Waals surface area contributed by atoms with Crippen molar-refractivity contribution in [1.82, 2.24) is 20.1 Å². The second-order valence-corrected chi connectivity index (χ2v) is 8.74. The summed E-state index contributed by atoms with van der Waals surface area (Å²) in [4.78, 5) is 31.1. The van der Waals surface area contributed by atoms with Gasteiger partial charge in [0, 0.05) is 28.4 Å². The SMILES string of the molecule is Cc1cc(C)c(CN(C(=O)c2cc(-c3ccc(F)cc3)cc3n[nH]c(C)c23)C(C)C)c(=O)[nH]1. The minimum Gasteiger partial charge on any atom is -0.332 e. The van der Waals surface area contributed by atoms with Gasteiger partial charge in [0.15, 0.2) is 0 Å². The molecule has 0 bridgehead atoms. The molecule has 0 radical (unpaired) electrons. The van der Waals surface area contributed by atoms with Crippen LogP contribution >= 0.6 is 0 Å². The van der Waals surface area contributed by atoms with Gasteiger partial charge in [0.05, 0.1) is 17.6 Å². The summed E-state index contributed by atoms with van der Waals surface area (Å²) in [5, 5.41) is 8.07. The van der Waals surface area contributed by atoms with Gasteiger partial charge in [0.1, 0.15) is 5.82 Å². The molecule has 1 amide bonds. The summed E-state index contributed by atoms with van der Waals surface area (Å²) in [5.74, 6) is -0.515. The molecule has 2 aromatic carbocycles. The van der Waals surface area contributed by atoms with E-state index in [0.717, 1.165) is 33.5 Å². The third-order valence-corrected chi connectivity index (χ3v) is 5.95. The van der Waals surface area contributed by atoms with Crippen molar-refractivity contribution in [1.29, 1.82) is 0 Å². The third-order valence-electron chi connectivity index (χ3n) is 5.95. The smallest absolute Gasteiger partial charge is 0.255 e. The van der Waals surface area contributed by atoms with E-state index in [1.54, 1.807) is 17.0 Å². The average molecular weight is 447 g/mol. The molecule has 0 saturated carbocycles. The molecule has 0 atom stereocenters. The highest BCUT2D eigenvalue weighted by molar-refractivity contribution is 6.09. The molecule has 0 aliphatic heterocycles. The highest BCUT2D eigenvalue weighted by Gasteiger charge is 2.25. The molecule has 2 heterocycles. The molecule has 170 valence electrons. The van der Waals surface area contributed by atoms with Gasteiger partial charge in [-0.15, -0.1) is 0 Å². The maximum Gasteiger partial charge on any atom is 0.255 e.